The van der Waals surface area contributed by atoms with E-state index in [9.17, 15) is 13.2 Å². The molecule has 0 aliphatic heterocycles. The van der Waals surface area contributed by atoms with Gasteiger partial charge in [-0.15, -0.1) is 18.3 Å². The second kappa shape index (κ2) is 7.77. The highest BCUT2D eigenvalue weighted by Crippen LogP contribution is 2.30. The van der Waals surface area contributed by atoms with Gasteiger partial charge in [-0.05, 0) is 49.9 Å². The van der Waals surface area contributed by atoms with E-state index in [0.29, 0.717) is 37.3 Å². The average Bonchev–Trinajstić information content (AvgIpc) is 3.17. The summed E-state index contributed by atoms with van der Waals surface area (Å²) in [5.74, 6) is 0.440. The zero-order valence-corrected chi connectivity index (χ0v) is 16.4. The quantitative estimate of drug-likeness (QED) is 0.512. The van der Waals surface area contributed by atoms with Gasteiger partial charge in [0.05, 0.1) is 17.8 Å². The fourth-order valence-corrected chi connectivity index (χ4v) is 4.02. The van der Waals surface area contributed by atoms with E-state index in [0.717, 1.165) is 22.0 Å². The minimum Gasteiger partial charge on any atom is -0.350 e. The van der Waals surface area contributed by atoms with Crippen LogP contribution in [0.4, 0.5) is 19.1 Å². The van der Waals surface area contributed by atoms with Crippen molar-refractivity contribution in [1.29, 1.82) is 0 Å². The molecule has 5 rings (SSSR count). The summed E-state index contributed by atoms with van der Waals surface area (Å²) in [6, 6.07) is 7.82. The molecule has 0 bridgehead atoms. The number of nitrogens with zero attached hydrogens (tertiary/aromatic N) is 5. The van der Waals surface area contributed by atoms with E-state index in [2.05, 4.69) is 30.1 Å². The van der Waals surface area contributed by atoms with Crippen molar-refractivity contribution in [2.45, 2.75) is 44.2 Å². The first-order valence-electron chi connectivity index (χ1n) is 10.0. The number of hydrogen-bond donors (Lipinski definition) is 1. The van der Waals surface area contributed by atoms with E-state index >= 15 is 0 Å². The monoisotopic (exact) mass is 428 g/mol. The molecule has 4 heterocycles. The Hall–Kier alpha value is -3.27. The first-order chi connectivity index (χ1) is 14.9. The van der Waals surface area contributed by atoms with Gasteiger partial charge in [-0.3, -0.25) is 4.74 Å². The SMILES string of the molecule is FC(F)(F)OC1CCC(Nc2ncc3c(-c4cnc5ncccc5c4)ccn3n2)CC1. The molecule has 4 aromatic heterocycles. The standard InChI is InChI=1S/C21H19F3N6O/c22-21(23,24)31-16-5-3-15(4-6-16)28-20-27-12-18-17(7-9-30(18)29-20)14-10-13-2-1-8-25-19(13)26-11-14/h1-2,7-12,15-16H,3-6H2,(H,28,29). The van der Waals surface area contributed by atoms with Gasteiger partial charge in [0, 0.05) is 41.1 Å². The minimum atomic E-state index is -4.58. The van der Waals surface area contributed by atoms with E-state index < -0.39 is 12.5 Å². The number of halogens is 3. The number of ether oxygens (including phenoxy) is 1. The van der Waals surface area contributed by atoms with Crippen LogP contribution in [-0.4, -0.2) is 43.1 Å². The van der Waals surface area contributed by atoms with Crippen molar-refractivity contribution in [2.75, 3.05) is 5.32 Å². The first-order valence-corrected chi connectivity index (χ1v) is 10.0. The molecular weight excluding hydrogens is 409 g/mol. The molecule has 31 heavy (non-hydrogen) atoms. The van der Waals surface area contributed by atoms with Gasteiger partial charge in [-0.1, -0.05) is 0 Å². The van der Waals surface area contributed by atoms with Gasteiger partial charge in [0.1, 0.15) is 0 Å². The van der Waals surface area contributed by atoms with Crippen molar-refractivity contribution in [3.63, 3.8) is 0 Å². The van der Waals surface area contributed by atoms with Crippen LogP contribution in [0.1, 0.15) is 25.7 Å². The summed E-state index contributed by atoms with van der Waals surface area (Å²) in [5.41, 5.74) is 3.41. The molecule has 1 N–H and O–H groups in total. The molecule has 0 atom stereocenters. The lowest BCUT2D eigenvalue weighted by molar-refractivity contribution is -0.345. The number of rotatable bonds is 4. The molecule has 1 aliphatic rings. The number of nitrogens with one attached hydrogen (secondary N) is 1. The van der Waals surface area contributed by atoms with Crippen molar-refractivity contribution < 1.29 is 17.9 Å². The number of alkyl halides is 3. The molecule has 0 unspecified atom stereocenters. The third kappa shape index (κ3) is 4.29. The van der Waals surface area contributed by atoms with Crippen LogP contribution in [0.5, 0.6) is 0 Å². The zero-order valence-electron chi connectivity index (χ0n) is 16.4. The Balaban J connectivity index is 1.30. The van der Waals surface area contributed by atoms with Gasteiger partial charge in [-0.2, -0.15) is 0 Å². The second-order valence-electron chi connectivity index (χ2n) is 7.60. The normalized spacial score (nSPS) is 19.7. The molecule has 1 fully saturated rings. The maximum Gasteiger partial charge on any atom is 0.522 e. The van der Waals surface area contributed by atoms with Crippen LogP contribution in [0.2, 0.25) is 0 Å². The molecule has 4 aromatic rings. The Morgan fingerprint density at radius 1 is 1.03 bits per heavy atom. The summed E-state index contributed by atoms with van der Waals surface area (Å²) in [6.45, 7) is 0. The molecule has 160 valence electrons. The Morgan fingerprint density at radius 2 is 1.87 bits per heavy atom. The van der Waals surface area contributed by atoms with Gasteiger partial charge in [-0.25, -0.2) is 19.5 Å². The molecular formula is C21H19F3N6O. The fraction of sp³-hybridized carbons (Fsp3) is 0.333. The summed E-state index contributed by atoms with van der Waals surface area (Å²) in [6.07, 6.45) is 3.52. The Kier molecular flexibility index (Phi) is 4.93. The van der Waals surface area contributed by atoms with Crippen LogP contribution in [0, 0.1) is 0 Å². The third-order valence-corrected chi connectivity index (χ3v) is 5.49. The van der Waals surface area contributed by atoms with Crippen molar-refractivity contribution in [3.8, 4) is 11.1 Å². The topological polar surface area (TPSA) is 77.2 Å². The maximum atomic E-state index is 12.4. The lowest BCUT2D eigenvalue weighted by Crippen LogP contribution is -2.33. The van der Waals surface area contributed by atoms with Gasteiger partial charge in [0.2, 0.25) is 5.95 Å². The predicted octanol–water partition coefficient (Wildman–Crippen LogP) is 4.60. The molecule has 10 heteroatoms. The van der Waals surface area contributed by atoms with Crippen LogP contribution in [0.15, 0.2) is 49.1 Å². The van der Waals surface area contributed by atoms with Crippen LogP contribution >= 0.6 is 0 Å². The van der Waals surface area contributed by atoms with Crippen LogP contribution < -0.4 is 5.32 Å². The molecule has 0 amide bonds. The molecule has 0 radical (unpaired) electrons. The van der Waals surface area contributed by atoms with E-state index in [-0.39, 0.29) is 6.04 Å². The number of pyridine rings is 2. The molecule has 1 aliphatic carbocycles. The first kappa shape index (κ1) is 19.7. The van der Waals surface area contributed by atoms with Gasteiger partial charge < -0.3 is 5.32 Å². The number of anilines is 1. The zero-order chi connectivity index (χ0) is 21.4. The number of aromatic nitrogens is 5. The smallest absolute Gasteiger partial charge is 0.350 e. The Bertz CT molecular complexity index is 1220. The van der Waals surface area contributed by atoms with Crippen LogP contribution in [-0.2, 0) is 4.74 Å². The van der Waals surface area contributed by atoms with Crippen LogP contribution in [0.25, 0.3) is 27.7 Å². The highest BCUT2D eigenvalue weighted by Gasteiger charge is 2.35. The lowest BCUT2D eigenvalue weighted by Gasteiger charge is -2.29. The highest BCUT2D eigenvalue weighted by atomic mass is 19.4. The maximum absolute atomic E-state index is 12.4. The second-order valence-corrected chi connectivity index (χ2v) is 7.60. The lowest BCUT2D eigenvalue weighted by atomic mass is 9.93. The van der Waals surface area contributed by atoms with Crippen LogP contribution in [0.3, 0.4) is 0 Å². The molecule has 7 nitrogen and oxygen atoms in total. The molecule has 1 saturated carbocycles. The Labute approximate surface area is 175 Å². The summed E-state index contributed by atoms with van der Waals surface area (Å²) >= 11 is 0. The van der Waals surface area contributed by atoms with E-state index in [1.165, 1.54) is 0 Å². The van der Waals surface area contributed by atoms with Crippen molar-refractivity contribution in [1.82, 2.24) is 24.6 Å². The summed E-state index contributed by atoms with van der Waals surface area (Å²) in [5, 5.41) is 8.68. The summed E-state index contributed by atoms with van der Waals surface area (Å²) in [4.78, 5) is 13.1. The largest absolute Gasteiger partial charge is 0.522 e. The van der Waals surface area contributed by atoms with Crippen molar-refractivity contribution in [3.05, 3.63) is 49.1 Å². The minimum absolute atomic E-state index is 0.0118. The summed E-state index contributed by atoms with van der Waals surface area (Å²) in [7, 11) is 0. The summed E-state index contributed by atoms with van der Waals surface area (Å²) < 4.78 is 43.0. The number of hydrogen-bond acceptors (Lipinski definition) is 6. The average molecular weight is 428 g/mol. The molecule has 0 saturated heterocycles. The third-order valence-electron chi connectivity index (χ3n) is 5.49. The van der Waals surface area contributed by atoms with Crippen molar-refractivity contribution in [2.24, 2.45) is 0 Å². The van der Waals surface area contributed by atoms with E-state index in [4.69, 9.17) is 0 Å². The van der Waals surface area contributed by atoms with Gasteiger partial charge >= 0.3 is 6.36 Å². The van der Waals surface area contributed by atoms with Gasteiger partial charge in [0.25, 0.3) is 0 Å². The predicted molar refractivity (Wildman–Crippen MR) is 108 cm³/mol. The Morgan fingerprint density at radius 3 is 2.68 bits per heavy atom. The van der Waals surface area contributed by atoms with E-state index in [1.807, 2.05) is 30.5 Å². The van der Waals surface area contributed by atoms with E-state index in [1.54, 1.807) is 23.1 Å². The van der Waals surface area contributed by atoms with Crippen molar-refractivity contribution >= 4 is 22.5 Å². The highest BCUT2D eigenvalue weighted by molar-refractivity contribution is 5.86. The fourth-order valence-electron chi connectivity index (χ4n) is 4.02. The number of fused-ring (bicyclic) bond motifs is 2. The molecule has 0 spiro atoms. The molecule has 0 aromatic carbocycles. The van der Waals surface area contributed by atoms with Gasteiger partial charge in [0.15, 0.2) is 5.65 Å².